The minimum atomic E-state index is -4.55. The van der Waals surface area contributed by atoms with Gasteiger partial charge in [0.05, 0.1) is 17.3 Å². The Morgan fingerprint density at radius 2 is 1.96 bits per heavy atom. The number of hydrogen-bond acceptors (Lipinski definition) is 7. The maximum atomic E-state index is 13.7. The van der Waals surface area contributed by atoms with Crippen LogP contribution in [-0.4, -0.2) is 76.3 Å². The van der Waals surface area contributed by atoms with Crippen LogP contribution in [-0.2, 0) is 12.7 Å². The minimum Gasteiger partial charge on any atom is -0.332 e. The first kappa shape index (κ1) is 34.6. The van der Waals surface area contributed by atoms with Crippen molar-refractivity contribution in [1.29, 1.82) is 5.41 Å². The summed E-state index contributed by atoms with van der Waals surface area (Å²) in [5.41, 5.74) is 0.885. The van der Waals surface area contributed by atoms with Crippen LogP contribution in [0.3, 0.4) is 0 Å². The fraction of sp³-hybridized carbons (Fsp3) is 0.303. The van der Waals surface area contributed by atoms with E-state index in [2.05, 4.69) is 53.5 Å². The number of nitrogens with zero attached hydrogens (tertiary/aromatic N) is 5. The van der Waals surface area contributed by atoms with Crippen molar-refractivity contribution in [1.82, 2.24) is 24.8 Å². The van der Waals surface area contributed by atoms with Gasteiger partial charge in [-0.2, -0.15) is 13.2 Å². The molecular weight excluding hydrogens is 581 g/mol. The fourth-order valence-corrected chi connectivity index (χ4v) is 4.58. The molecule has 1 amide bonds. The van der Waals surface area contributed by atoms with E-state index >= 15 is 0 Å². The molecule has 4 rings (SSSR count). The van der Waals surface area contributed by atoms with Gasteiger partial charge in [0.2, 0.25) is 0 Å². The lowest BCUT2D eigenvalue weighted by Crippen LogP contribution is -2.41. The molecule has 0 aliphatic carbocycles. The number of alkyl halides is 3. The van der Waals surface area contributed by atoms with Gasteiger partial charge < -0.3 is 20.6 Å². The molecular formula is C33H37F3N8O. The maximum Gasteiger partial charge on any atom is 0.416 e. The molecule has 3 aromatic rings. The zero-order valence-corrected chi connectivity index (χ0v) is 25.5. The average Bonchev–Trinajstić information content (AvgIpc) is 3.47. The van der Waals surface area contributed by atoms with Crippen LogP contribution in [0.4, 0.5) is 18.9 Å². The van der Waals surface area contributed by atoms with Crippen LogP contribution in [0.15, 0.2) is 66.7 Å². The summed E-state index contributed by atoms with van der Waals surface area (Å²) in [6, 6.07) is 5.66. The highest BCUT2D eigenvalue weighted by molar-refractivity contribution is 6.04. The third-order valence-electron chi connectivity index (χ3n) is 6.81. The molecule has 1 fully saturated rings. The van der Waals surface area contributed by atoms with Gasteiger partial charge >= 0.3 is 6.18 Å². The third kappa shape index (κ3) is 11.3. The normalized spacial score (nSPS) is 14.1. The molecule has 3 heterocycles. The van der Waals surface area contributed by atoms with Gasteiger partial charge in [-0.25, -0.2) is 4.98 Å². The van der Waals surface area contributed by atoms with Gasteiger partial charge in [0.15, 0.2) is 0 Å². The van der Waals surface area contributed by atoms with E-state index in [1.807, 2.05) is 21.0 Å². The number of pyridine rings is 1. The molecule has 0 atom stereocenters. The largest absolute Gasteiger partial charge is 0.416 e. The van der Waals surface area contributed by atoms with E-state index in [4.69, 9.17) is 5.41 Å². The summed E-state index contributed by atoms with van der Waals surface area (Å²) in [6.07, 6.45) is 9.16. The number of imidazole rings is 1. The monoisotopic (exact) mass is 618 g/mol. The number of anilines is 1. The molecule has 45 heavy (non-hydrogen) atoms. The predicted octanol–water partition coefficient (Wildman–Crippen LogP) is 5.88. The molecule has 0 saturated carbocycles. The lowest BCUT2D eigenvalue weighted by Gasteiger charge is -2.35. The number of halogens is 3. The number of rotatable bonds is 8. The number of hydrogen-bond donors (Lipinski definition) is 3. The highest BCUT2D eigenvalue weighted by Gasteiger charge is 2.32. The van der Waals surface area contributed by atoms with E-state index in [1.54, 1.807) is 18.4 Å². The molecule has 1 aromatic carbocycles. The second kappa shape index (κ2) is 16.8. The Balaban J connectivity index is 0.00000102. The van der Waals surface area contributed by atoms with Gasteiger partial charge in [-0.05, 0) is 94.9 Å². The molecule has 0 unspecified atom stereocenters. The number of aliphatic imine (C=N–C) groups is 1. The Labute approximate surface area is 261 Å². The highest BCUT2D eigenvalue weighted by atomic mass is 19.4. The van der Waals surface area contributed by atoms with Crippen molar-refractivity contribution in [2.24, 2.45) is 4.99 Å². The van der Waals surface area contributed by atoms with Crippen LogP contribution in [0.1, 0.15) is 58.3 Å². The number of aromatic amines is 1. The van der Waals surface area contributed by atoms with Crippen molar-refractivity contribution in [3.05, 3.63) is 95.5 Å². The van der Waals surface area contributed by atoms with Crippen molar-refractivity contribution < 1.29 is 18.0 Å². The zero-order valence-electron chi connectivity index (χ0n) is 25.5. The summed E-state index contributed by atoms with van der Waals surface area (Å²) in [5, 5.41) is 9.62. The van der Waals surface area contributed by atoms with Gasteiger partial charge in [0, 0.05) is 54.9 Å². The zero-order chi connectivity index (χ0) is 32.8. The molecule has 3 N–H and O–H groups in total. The van der Waals surface area contributed by atoms with E-state index in [0.717, 1.165) is 44.3 Å². The lowest BCUT2D eigenvalue weighted by atomic mass is 10.0. The minimum absolute atomic E-state index is 0.0671. The fourth-order valence-electron chi connectivity index (χ4n) is 4.58. The summed E-state index contributed by atoms with van der Waals surface area (Å²) in [5.74, 6) is 5.73. The summed E-state index contributed by atoms with van der Waals surface area (Å²) in [4.78, 5) is 32.1. The summed E-state index contributed by atoms with van der Waals surface area (Å²) >= 11 is 0. The molecule has 2 aromatic heterocycles. The van der Waals surface area contributed by atoms with Crippen LogP contribution in [0.2, 0.25) is 0 Å². The Morgan fingerprint density at radius 1 is 1.20 bits per heavy atom. The van der Waals surface area contributed by atoms with E-state index in [0.29, 0.717) is 35.2 Å². The Morgan fingerprint density at radius 3 is 2.58 bits per heavy atom. The second-order valence-corrected chi connectivity index (χ2v) is 10.4. The van der Waals surface area contributed by atoms with Crippen LogP contribution in [0.25, 0.3) is 6.08 Å². The Bertz CT molecular complexity index is 1570. The SMILES string of the molecule is C=CN=CC.CN(C)C1CCN(Cc2cc(NC(=O)c3cncc(C#Cc4cnc(/C=C\C=N)[nH]4)c3)cc(C(F)(F)F)c2)CC1. The molecule has 1 aliphatic heterocycles. The number of amides is 1. The third-order valence-corrected chi connectivity index (χ3v) is 6.81. The lowest BCUT2D eigenvalue weighted by molar-refractivity contribution is -0.137. The van der Waals surface area contributed by atoms with Gasteiger partial charge in [0.1, 0.15) is 11.5 Å². The first-order valence-corrected chi connectivity index (χ1v) is 14.2. The van der Waals surface area contributed by atoms with E-state index in [1.165, 1.54) is 36.9 Å². The standard InChI is InChI=1S/C29H30F3N7O.C4H7N/c1-38(2)26-7-10-39(11-8-26)19-21-13-23(29(30,31)32)15-25(14-21)37-28(40)22-12-20(16-34-17-22)5-6-24-18-35-27(36-24)4-3-9-33;1-3-5-4-2/h3-4,9,12-18,26,33H,7-8,10-11,19H2,1-2H3,(H,35,36)(H,37,40);3-4H,1H2,2H3/b4-3-,33-9?;. The number of benzene rings is 1. The topological polar surface area (TPSA) is 113 Å². The smallest absolute Gasteiger partial charge is 0.332 e. The summed E-state index contributed by atoms with van der Waals surface area (Å²) < 4.78 is 41.1. The molecule has 9 nitrogen and oxygen atoms in total. The van der Waals surface area contributed by atoms with Crippen molar-refractivity contribution in [2.45, 2.75) is 38.5 Å². The first-order valence-electron chi connectivity index (χ1n) is 14.2. The van der Waals surface area contributed by atoms with Gasteiger partial charge in [0.25, 0.3) is 5.91 Å². The number of nitrogens with one attached hydrogen (secondary N) is 3. The van der Waals surface area contributed by atoms with Crippen molar-refractivity contribution in [2.75, 3.05) is 32.5 Å². The molecule has 1 saturated heterocycles. The van der Waals surface area contributed by atoms with Crippen LogP contribution < -0.4 is 5.32 Å². The molecule has 1 aliphatic rings. The number of allylic oxidation sites excluding steroid dienone is 1. The Kier molecular flexibility index (Phi) is 13.0. The number of carbonyl (C=O) groups is 1. The van der Waals surface area contributed by atoms with Crippen LogP contribution >= 0.6 is 0 Å². The van der Waals surface area contributed by atoms with Gasteiger partial charge in [-0.1, -0.05) is 12.5 Å². The number of piperidine rings is 1. The van der Waals surface area contributed by atoms with Gasteiger partial charge in [-0.3, -0.25) is 19.7 Å². The molecule has 12 heteroatoms. The summed E-state index contributed by atoms with van der Waals surface area (Å²) in [7, 11) is 4.07. The van der Waals surface area contributed by atoms with Crippen LogP contribution in [0, 0.1) is 17.3 Å². The van der Waals surface area contributed by atoms with E-state index < -0.39 is 17.6 Å². The number of likely N-dealkylation sites (tertiary alicyclic amines) is 1. The molecule has 0 spiro atoms. The second-order valence-electron chi connectivity index (χ2n) is 10.4. The predicted molar refractivity (Wildman–Crippen MR) is 172 cm³/mol. The van der Waals surface area contributed by atoms with Crippen LogP contribution in [0.5, 0.6) is 0 Å². The van der Waals surface area contributed by atoms with Gasteiger partial charge in [-0.15, -0.1) is 0 Å². The molecule has 0 radical (unpaired) electrons. The number of carbonyl (C=O) groups excluding carboxylic acids is 1. The Hall–Kier alpha value is -4.86. The number of aromatic nitrogens is 3. The quantitative estimate of drug-likeness (QED) is 0.216. The van der Waals surface area contributed by atoms with Crippen molar-refractivity contribution in [3.8, 4) is 11.8 Å². The first-order chi connectivity index (χ1) is 21.5. The maximum absolute atomic E-state index is 13.7. The van der Waals surface area contributed by atoms with E-state index in [-0.39, 0.29) is 11.3 Å². The highest BCUT2D eigenvalue weighted by Crippen LogP contribution is 2.33. The van der Waals surface area contributed by atoms with E-state index in [9.17, 15) is 18.0 Å². The van der Waals surface area contributed by atoms with Crippen molar-refractivity contribution in [3.63, 3.8) is 0 Å². The van der Waals surface area contributed by atoms with Crippen molar-refractivity contribution >= 4 is 30.1 Å². The summed E-state index contributed by atoms with van der Waals surface area (Å²) in [6.45, 7) is 7.15. The molecule has 0 bridgehead atoms. The number of H-pyrrole nitrogens is 1. The molecule has 236 valence electrons. The average molecular weight is 619 g/mol.